The van der Waals surface area contributed by atoms with Gasteiger partial charge in [0.1, 0.15) is 5.69 Å². The van der Waals surface area contributed by atoms with Gasteiger partial charge in [0.2, 0.25) is 0 Å². The minimum atomic E-state index is -4.57. The van der Waals surface area contributed by atoms with E-state index in [4.69, 9.17) is 23.2 Å². The summed E-state index contributed by atoms with van der Waals surface area (Å²) in [5, 5.41) is 9.50. The maximum Gasteiger partial charge on any atom is 0.416 e. The second-order valence-corrected chi connectivity index (χ2v) is 5.25. The standard InChI is InChI=1S/C12H9Cl2F3N4O/c1-5-9(11(22)21(2)20-5)18-19-10-7(13)3-6(4-8(10)14)12(15,16)17/h3-4,20H,1-2H3. The summed E-state index contributed by atoms with van der Waals surface area (Å²) in [5.41, 5.74) is -1.08. The highest BCUT2D eigenvalue weighted by atomic mass is 35.5. The molecule has 0 unspecified atom stereocenters. The predicted molar refractivity (Wildman–Crippen MR) is 76.4 cm³/mol. The fourth-order valence-electron chi connectivity index (χ4n) is 1.72. The number of azo groups is 1. The molecule has 0 saturated heterocycles. The number of rotatable bonds is 2. The van der Waals surface area contributed by atoms with Crippen LogP contribution in [-0.4, -0.2) is 9.78 Å². The van der Waals surface area contributed by atoms with Gasteiger partial charge in [0.15, 0.2) is 5.69 Å². The molecule has 0 aliphatic carbocycles. The number of hydrogen-bond acceptors (Lipinski definition) is 3. The molecule has 22 heavy (non-hydrogen) atoms. The first-order chi connectivity index (χ1) is 10.1. The van der Waals surface area contributed by atoms with Crippen LogP contribution in [0.25, 0.3) is 0 Å². The van der Waals surface area contributed by atoms with E-state index in [0.717, 1.165) is 0 Å². The molecular weight excluding hydrogens is 344 g/mol. The van der Waals surface area contributed by atoms with Crippen molar-refractivity contribution in [3.63, 3.8) is 0 Å². The molecule has 2 aromatic rings. The zero-order chi connectivity index (χ0) is 16.7. The van der Waals surface area contributed by atoms with Crippen molar-refractivity contribution in [3.8, 4) is 0 Å². The molecule has 0 aliphatic rings. The summed E-state index contributed by atoms with van der Waals surface area (Å²) in [7, 11) is 1.49. The van der Waals surface area contributed by atoms with E-state index in [9.17, 15) is 18.0 Å². The van der Waals surface area contributed by atoms with Crippen LogP contribution < -0.4 is 5.56 Å². The summed E-state index contributed by atoms with van der Waals surface area (Å²) < 4.78 is 39.1. The van der Waals surface area contributed by atoms with Gasteiger partial charge in [-0.15, -0.1) is 10.2 Å². The van der Waals surface area contributed by atoms with E-state index in [0.29, 0.717) is 17.8 Å². The Morgan fingerprint density at radius 2 is 1.64 bits per heavy atom. The summed E-state index contributed by atoms with van der Waals surface area (Å²) in [6.45, 7) is 1.60. The average Bonchev–Trinajstić information content (AvgIpc) is 2.62. The topological polar surface area (TPSA) is 62.5 Å². The van der Waals surface area contributed by atoms with Crippen LogP contribution in [0.1, 0.15) is 11.3 Å². The molecule has 1 aromatic carbocycles. The lowest BCUT2D eigenvalue weighted by molar-refractivity contribution is -0.137. The Morgan fingerprint density at radius 1 is 1.14 bits per heavy atom. The third-order valence-corrected chi connectivity index (χ3v) is 3.37. The Bertz CT molecular complexity index is 785. The maximum absolute atomic E-state index is 12.6. The second-order valence-electron chi connectivity index (χ2n) is 4.44. The van der Waals surface area contributed by atoms with Gasteiger partial charge in [-0.25, -0.2) is 0 Å². The molecule has 0 amide bonds. The van der Waals surface area contributed by atoms with Crippen molar-refractivity contribution in [1.82, 2.24) is 9.78 Å². The number of H-pyrrole nitrogens is 1. The SMILES string of the molecule is Cc1[nH]n(C)c(=O)c1N=Nc1c(Cl)cc(C(F)(F)F)cc1Cl. The Labute approximate surface area is 132 Å². The fraction of sp³-hybridized carbons (Fsp3) is 0.250. The quantitative estimate of drug-likeness (QED) is 0.778. The van der Waals surface area contributed by atoms with Gasteiger partial charge < -0.3 is 0 Å². The highest BCUT2D eigenvalue weighted by Gasteiger charge is 2.32. The van der Waals surface area contributed by atoms with Crippen LogP contribution in [0.2, 0.25) is 10.0 Å². The number of alkyl halides is 3. The molecule has 10 heteroatoms. The molecule has 0 radical (unpaired) electrons. The largest absolute Gasteiger partial charge is 0.416 e. The molecule has 0 saturated carbocycles. The van der Waals surface area contributed by atoms with Crippen LogP contribution in [0.15, 0.2) is 27.2 Å². The monoisotopic (exact) mass is 352 g/mol. The molecule has 1 aromatic heterocycles. The Morgan fingerprint density at radius 3 is 2.05 bits per heavy atom. The number of nitrogens with zero attached hydrogens (tertiary/aromatic N) is 3. The number of hydrogen-bond donors (Lipinski definition) is 1. The van der Waals surface area contributed by atoms with E-state index in [2.05, 4.69) is 15.3 Å². The van der Waals surface area contributed by atoms with Crippen molar-refractivity contribution in [2.75, 3.05) is 0 Å². The van der Waals surface area contributed by atoms with Gasteiger partial charge in [-0.1, -0.05) is 23.2 Å². The minimum Gasteiger partial charge on any atom is -0.298 e. The summed E-state index contributed by atoms with van der Waals surface area (Å²) >= 11 is 11.5. The second kappa shape index (κ2) is 5.77. The molecule has 0 fully saturated rings. The highest BCUT2D eigenvalue weighted by Crippen LogP contribution is 2.40. The first-order valence-electron chi connectivity index (χ1n) is 5.85. The van der Waals surface area contributed by atoms with E-state index in [-0.39, 0.29) is 21.4 Å². The number of halogens is 5. The minimum absolute atomic E-state index is 0.0227. The molecular formula is C12H9Cl2F3N4O. The predicted octanol–water partition coefficient (Wildman–Crippen LogP) is 4.76. The van der Waals surface area contributed by atoms with Gasteiger partial charge in [-0.05, 0) is 19.1 Å². The van der Waals surface area contributed by atoms with Crippen LogP contribution in [0.4, 0.5) is 24.5 Å². The van der Waals surface area contributed by atoms with Gasteiger partial charge in [-0.2, -0.15) is 13.2 Å². The average molecular weight is 353 g/mol. The molecule has 118 valence electrons. The first-order valence-corrected chi connectivity index (χ1v) is 6.60. The first kappa shape index (κ1) is 16.6. The van der Waals surface area contributed by atoms with Crippen molar-refractivity contribution in [2.24, 2.45) is 17.3 Å². The molecule has 2 rings (SSSR count). The van der Waals surface area contributed by atoms with Crippen molar-refractivity contribution in [2.45, 2.75) is 13.1 Å². The molecule has 0 spiro atoms. The molecule has 1 heterocycles. The summed E-state index contributed by atoms with van der Waals surface area (Å²) in [6, 6.07) is 1.40. The van der Waals surface area contributed by atoms with Crippen LogP contribution in [-0.2, 0) is 13.2 Å². The van der Waals surface area contributed by atoms with Gasteiger partial charge in [0, 0.05) is 7.05 Å². The van der Waals surface area contributed by atoms with Crippen LogP contribution in [0, 0.1) is 6.92 Å². The smallest absolute Gasteiger partial charge is 0.298 e. The summed E-state index contributed by atoms with van der Waals surface area (Å²) in [4.78, 5) is 11.7. The van der Waals surface area contributed by atoms with Gasteiger partial charge in [-0.3, -0.25) is 14.6 Å². The van der Waals surface area contributed by atoms with E-state index in [1.165, 1.54) is 11.7 Å². The lowest BCUT2D eigenvalue weighted by atomic mass is 10.2. The number of benzene rings is 1. The number of nitrogens with one attached hydrogen (secondary N) is 1. The maximum atomic E-state index is 12.6. The third kappa shape index (κ3) is 3.17. The number of aromatic nitrogens is 2. The zero-order valence-corrected chi connectivity index (χ0v) is 12.8. The Hall–Kier alpha value is -1.80. The molecule has 0 atom stereocenters. The van der Waals surface area contributed by atoms with Crippen molar-refractivity contribution >= 4 is 34.6 Å². The van der Waals surface area contributed by atoms with Gasteiger partial charge >= 0.3 is 6.18 Å². The van der Waals surface area contributed by atoms with E-state index in [1.807, 2.05) is 0 Å². The normalized spacial score (nSPS) is 12.3. The Balaban J connectivity index is 2.46. The fourth-order valence-corrected chi connectivity index (χ4v) is 2.28. The van der Waals surface area contributed by atoms with Gasteiger partial charge in [0.25, 0.3) is 5.56 Å². The van der Waals surface area contributed by atoms with E-state index in [1.54, 1.807) is 6.92 Å². The van der Waals surface area contributed by atoms with E-state index < -0.39 is 17.3 Å². The lowest BCUT2D eigenvalue weighted by Crippen LogP contribution is -2.10. The summed E-state index contributed by atoms with van der Waals surface area (Å²) in [5.74, 6) is 0. The molecule has 0 bridgehead atoms. The number of aromatic amines is 1. The Kier molecular flexibility index (Phi) is 4.35. The number of aryl methyl sites for hydroxylation is 2. The molecule has 5 nitrogen and oxygen atoms in total. The highest BCUT2D eigenvalue weighted by molar-refractivity contribution is 6.38. The zero-order valence-electron chi connectivity index (χ0n) is 11.3. The third-order valence-electron chi connectivity index (χ3n) is 2.79. The van der Waals surface area contributed by atoms with Crippen LogP contribution in [0.5, 0.6) is 0 Å². The lowest BCUT2D eigenvalue weighted by Gasteiger charge is -2.09. The van der Waals surface area contributed by atoms with Crippen molar-refractivity contribution in [3.05, 3.63) is 43.8 Å². The van der Waals surface area contributed by atoms with Crippen molar-refractivity contribution in [1.29, 1.82) is 0 Å². The summed E-state index contributed by atoms with van der Waals surface area (Å²) in [6.07, 6.45) is -4.57. The van der Waals surface area contributed by atoms with Crippen LogP contribution >= 0.6 is 23.2 Å². The van der Waals surface area contributed by atoms with Gasteiger partial charge in [0.05, 0.1) is 21.3 Å². The van der Waals surface area contributed by atoms with Crippen LogP contribution in [0.3, 0.4) is 0 Å². The van der Waals surface area contributed by atoms with Crippen molar-refractivity contribution < 1.29 is 13.2 Å². The molecule has 0 aliphatic heterocycles. The molecule has 1 N–H and O–H groups in total. The van der Waals surface area contributed by atoms with E-state index >= 15 is 0 Å².